The van der Waals surface area contributed by atoms with Crippen LogP contribution in [0.25, 0.3) is 0 Å². The van der Waals surface area contributed by atoms with Gasteiger partial charge in [-0.05, 0) is 82.9 Å². The lowest BCUT2D eigenvalue weighted by molar-refractivity contribution is 0.348. The summed E-state index contributed by atoms with van der Waals surface area (Å²) >= 11 is 0. The van der Waals surface area contributed by atoms with Crippen LogP contribution in [-0.4, -0.2) is 44.2 Å². The van der Waals surface area contributed by atoms with Gasteiger partial charge in [0.15, 0.2) is 0 Å². The monoisotopic (exact) mass is 287 g/mol. The molecule has 0 bridgehead atoms. The molecular weight excluding hydrogens is 258 g/mol. The van der Waals surface area contributed by atoms with E-state index in [1.54, 1.807) is 0 Å². The van der Waals surface area contributed by atoms with Crippen molar-refractivity contribution in [2.24, 2.45) is 0 Å². The molecule has 3 heteroatoms. The highest BCUT2D eigenvalue weighted by Crippen LogP contribution is 2.27. The molecule has 0 amide bonds. The third-order valence-electron chi connectivity index (χ3n) is 4.99. The fourth-order valence-electron chi connectivity index (χ4n) is 3.59. The fourth-order valence-corrected chi connectivity index (χ4v) is 3.59. The Bertz CT molecular complexity index is 466. The Morgan fingerprint density at radius 1 is 1.00 bits per heavy atom. The maximum atomic E-state index is 3.78. The van der Waals surface area contributed by atoms with Gasteiger partial charge < -0.3 is 15.1 Å². The number of anilines is 2. The average molecular weight is 287 g/mol. The Labute approximate surface area is 129 Å². The first-order valence-electron chi connectivity index (χ1n) is 8.53. The molecule has 2 aliphatic heterocycles. The summed E-state index contributed by atoms with van der Waals surface area (Å²) in [7, 11) is 2.23. The van der Waals surface area contributed by atoms with Crippen molar-refractivity contribution in [3.8, 4) is 0 Å². The first-order valence-corrected chi connectivity index (χ1v) is 8.53. The second-order valence-electron chi connectivity index (χ2n) is 6.77. The molecule has 2 saturated heterocycles. The van der Waals surface area contributed by atoms with Crippen molar-refractivity contribution in [2.45, 2.75) is 45.1 Å². The molecule has 0 aliphatic carbocycles. The summed E-state index contributed by atoms with van der Waals surface area (Å²) in [6.07, 6.45) is 6.53. The van der Waals surface area contributed by atoms with Crippen LogP contribution in [0.5, 0.6) is 0 Å². The number of nitrogens with one attached hydrogen (secondary N) is 1. The molecule has 1 aromatic rings. The first-order chi connectivity index (χ1) is 10.2. The Morgan fingerprint density at radius 2 is 1.81 bits per heavy atom. The normalized spacial score (nSPS) is 24.1. The van der Waals surface area contributed by atoms with Gasteiger partial charge in [-0.3, -0.25) is 0 Å². The second kappa shape index (κ2) is 6.69. The number of benzene rings is 1. The molecule has 116 valence electrons. The van der Waals surface area contributed by atoms with Crippen LogP contribution in [0.3, 0.4) is 0 Å². The van der Waals surface area contributed by atoms with Crippen LogP contribution < -0.4 is 10.2 Å². The molecule has 1 aromatic carbocycles. The van der Waals surface area contributed by atoms with Gasteiger partial charge in [-0.25, -0.2) is 0 Å². The van der Waals surface area contributed by atoms with E-state index in [4.69, 9.17) is 0 Å². The van der Waals surface area contributed by atoms with E-state index in [0.29, 0.717) is 6.04 Å². The lowest BCUT2D eigenvalue weighted by Gasteiger charge is -2.22. The van der Waals surface area contributed by atoms with Crippen LogP contribution in [0.4, 0.5) is 11.4 Å². The molecule has 0 radical (unpaired) electrons. The van der Waals surface area contributed by atoms with E-state index < -0.39 is 0 Å². The van der Waals surface area contributed by atoms with Gasteiger partial charge in [0.2, 0.25) is 0 Å². The summed E-state index contributed by atoms with van der Waals surface area (Å²) in [4.78, 5) is 4.96. The van der Waals surface area contributed by atoms with Crippen molar-refractivity contribution in [2.75, 3.05) is 43.4 Å². The van der Waals surface area contributed by atoms with E-state index in [9.17, 15) is 0 Å². The Hall–Kier alpha value is -1.22. The van der Waals surface area contributed by atoms with Crippen LogP contribution in [0.1, 0.15) is 37.7 Å². The van der Waals surface area contributed by atoms with E-state index in [1.807, 2.05) is 0 Å². The van der Waals surface area contributed by atoms with Crippen molar-refractivity contribution in [3.05, 3.63) is 23.8 Å². The molecule has 21 heavy (non-hydrogen) atoms. The van der Waals surface area contributed by atoms with Gasteiger partial charge in [0, 0.05) is 30.5 Å². The van der Waals surface area contributed by atoms with E-state index in [2.05, 4.69) is 47.3 Å². The van der Waals surface area contributed by atoms with Crippen LogP contribution in [0.15, 0.2) is 18.2 Å². The van der Waals surface area contributed by atoms with Crippen LogP contribution in [0.2, 0.25) is 0 Å². The summed E-state index contributed by atoms with van der Waals surface area (Å²) < 4.78 is 0. The Morgan fingerprint density at radius 3 is 2.57 bits per heavy atom. The number of hydrogen-bond donors (Lipinski definition) is 1. The SMILES string of the molecule is Cc1cc(N2CCCC2)ccc1NC1CCCN(C)CC1. The summed E-state index contributed by atoms with van der Waals surface area (Å²) in [6, 6.07) is 7.57. The summed E-state index contributed by atoms with van der Waals surface area (Å²) in [5, 5.41) is 3.78. The molecule has 3 rings (SSSR count). The number of aryl methyl sites for hydroxylation is 1. The molecule has 1 N–H and O–H groups in total. The van der Waals surface area contributed by atoms with Crippen molar-refractivity contribution in [1.29, 1.82) is 0 Å². The predicted molar refractivity (Wildman–Crippen MR) is 91.4 cm³/mol. The van der Waals surface area contributed by atoms with Crippen molar-refractivity contribution < 1.29 is 0 Å². The van der Waals surface area contributed by atoms with Gasteiger partial charge in [-0.15, -0.1) is 0 Å². The van der Waals surface area contributed by atoms with Gasteiger partial charge in [0.25, 0.3) is 0 Å². The molecule has 0 saturated carbocycles. The van der Waals surface area contributed by atoms with Gasteiger partial charge in [-0.2, -0.15) is 0 Å². The molecule has 2 fully saturated rings. The fraction of sp³-hybridized carbons (Fsp3) is 0.667. The van der Waals surface area contributed by atoms with Crippen LogP contribution in [-0.2, 0) is 0 Å². The van der Waals surface area contributed by atoms with E-state index in [-0.39, 0.29) is 0 Å². The molecule has 3 nitrogen and oxygen atoms in total. The molecule has 2 heterocycles. The van der Waals surface area contributed by atoms with E-state index in [0.717, 1.165) is 0 Å². The third kappa shape index (κ3) is 3.70. The lowest BCUT2D eigenvalue weighted by Crippen LogP contribution is -2.23. The van der Waals surface area contributed by atoms with Gasteiger partial charge >= 0.3 is 0 Å². The number of likely N-dealkylation sites (tertiary alicyclic amines) is 1. The largest absolute Gasteiger partial charge is 0.382 e. The molecule has 1 atom stereocenters. The topological polar surface area (TPSA) is 18.5 Å². The molecule has 1 unspecified atom stereocenters. The minimum Gasteiger partial charge on any atom is -0.382 e. The van der Waals surface area contributed by atoms with Crippen LogP contribution >= 0.6 is 0 Å². The van der Waals surface area contributed by atoms with Gasteiger partial charge in [-0.1, -0.05) is 0 Å². The number of hydrogen-bond acceptors (Lipinski definition) is 3. The maximum Gasteiger partial charge on any atom is 0.0373 e. The Balaban J connectivity index is 1.65. The lowest BCUT2D eigenvalue weighted by atomic mass is 10.1. The molecule has 2 aliphatic rings. The predicted octanol–water partition coefficient (Wildman–Crippen LogP) is 3.49. The van der Waals surface area contributed by atoms with Crippen molar-refractivity contribution >= 4 is 11.4 Å². The number of rotatable bonds is 3. The third-order valence-corrected chi connectivity index (χ3v) is 4.99. The Kier molecular flexibility index (Phi) is 4.69. The highest BCUT2D eigenvalue weighted by atomic mass is 15.1. The van der Waals surface area contributed by atoms with E-state index >= 15 is 0 Å². The second-order valence-corrected chi connectivity index (χ2v) is 6.77. The highest BCUT2D eigenvalue weighted by Gasteiger charge is 2.16. The smallest absolute Gasteiger partial charge is 0.0373 e. The minimum atomic E-state index is 0.631. The maximum absolute atomic E-state index is 3.78. The van der Waals surface area contributed by atoms with Gasteiger partial charge in [0.1, 0.15) is 0 Å². The van der Waals surface area contributed by atoms with Crippen molar-refractivity contribution in [1.82, 2.24) is 4.90 Å². The summed E-state index contributed by atoms with van der Waals surface area (Å²) in [6.45, 7) is 7.14. The zero-order valence-electron chi connectivity index (χ0n) is 13.6. The highest BCUT2D eigenvalue weighted by molar-refractivity contribution is 5.60. The van der Waals surface area contributed by atoms with Crippen molar-refractivity contribution in [3.63, 3.8) is 0 Å². The zero-order chi connectivity index (χ0) is 14.7. The number of nitrogens with zero attached hydrogens (tertiary/aromatic N) is 2. The molecular formula is C18H29N3. The minimum absolute atomic E-state index is 0.631. The average Bonchev–Trinajstić information content (AvgIpc) is 2.93. The zero-order valence-corrected chi connectivity index (χ0v) is 13.6. The summed E-state index contributed by atoms with van der Waals surface area (Å²) in [5.41, 5.74) is 4.11. The summed E-state index contributed by atoms with van der Waals surface area (Å²) in [5.74, 6) is 0. The first kappa shape index (κ1) is 14.7. The molecule has 0 spiro atoms. The molecule has 0 aromatic heterocycles. The van der Waals surface area contributed by atoms with E-state index in [1.165, 1.54) is 75.2 Å². The van der Waals surface area contributed by atoms with Crippen LogP contribution in [0, 0.1) is 6.92 Å². The van der Waals surface area contributed by atoms with Gasteiger partial charge in [0.05, 0.1) is 0 Å². The standard InChI is InChI=1S/C18H29N3/c1-15-14-17(21-11-3-4-12-21)7-8-18(15)19-16-6-5-10-20(2)13-9-16/h7-8,14,16,19H,3-6,9-13H2,1-2H3. The quantitative estimate of drug-likeness (QED) is 0.918.